The predicted molar refractivity (Wildman–Crippen MR) is 63.5 cm³/mol. The van der Waals surface area contributed by atoms with Crippen molar-refractivity contribution in [2.24, 2.45) is 5.92 Å². The molecule has 0 aromatic heterocycles. The van der Waals surface area contributed by atoms with Crippen molar-refractivity contribution in [2.75, 3.05) is 0 Å². The predicted octanol–water partition coefficient (Wildman–Crippen LogP) is 2.72. The summed E-state index contributed by atoms with van der Waals surface area (Å²) in [5.74, 6) is -2.22. The third-order valence-corrected chi connectivity index (χ3v) is 2.75. The highest BCUT2D eigenvalue weighted by atomic mass is 19.4. The summed E-state index contributed by atoms with van der Waals surface area (Å²) in [5.41, 5.74) is 0. The first-order valence-electron chi connectivity index (χ1n) is 6.27. The second-order valence-corrected chi connectivity index (χ2v) is 4.56. The van der Waals surface area contributed by atoms with Gasteiger partial charge in [0, 0.05) is 12.3 Å². The molecule has 0 aliphatic carbocycles. The molecule has 0 fully saturated rings. The van der Waals surface area contributed by atoms with E-state index in [0.717, 1.165) is 0 Å². The molecule has 4 nitrogen and oxygen atoms in total. The smallest absolute Gasteiger partial charge is 0.389 e. The molecule has 7 heteroatoms. The number of aliphatic carboxylic acids is 1. The molecule has 1 unspecified atom stereocenters. The third-order valence-electron chi connectivity index (χ3n) is 2.75. The van der Waals surface area contributed by atoms with E-state index in [-0.39, 0.29) is 12.8 Å². The highest BCUT2D eigenvalue weighted by Gasteiger charge is 2.28. The molecule has 1 amide bonds. The Balaban J connectivity index is 4.30. The fourth-order valence-corrected chi connectivity index (χ4v) is 1.70. The summed E-state index contributed by atoms with van der Waals surface area (Å²) in [6.45, 7) is 3.14. The van der Waals surface area contributed by atoms with Gasteiger partial charge in [-0.05, 0) is 26.2 Å². The molecule has 0 spiro atoms. The van der Waals surface area contributed by atoms with Crippen LogP contribution in [0.1, 0.15) is 46.0 Å². The minimum atomic E-state index is -4.22. The maximum absolute atomic E-state index is 12.0. The maximum atomic E-state index is 12.0. The Hall–Kier alpha value is -1.27. The quantitative estimate of drug-likeness (QED) is 0.719. The molecular weight excluding hydrogens is 263 g/mol. The number of carbonyl (C=O) groups excluding carboxylic acids is 1. The van der Waals surface area contributed by atoms with Crippen molar-refractivity contribution in [3.05, 3.63) is 0 Å². The lowest BCUT2D eigenvalue weighted by Gasteiger charge is -2.18. The normalized spacial score (nSPS) is 14.8. The van der Waals surface area contributed by atoms with Crippen LogP contribution < -0.4 is 5.32 Å². The molecule has 0 aliphatic rings. The first-order chi connectivity index (χ1) is 8.67. The molecule has 2 atom stereocenters. The number of halogens is 3. The molecule has 19 heavy (non-hydrogen) atoms. The van der Waals surface area contributed by atoms with Gasteiger partial charge < -0.3 is 10.4 Å². The first kappa shape index (κ1) is 17.7. The van der Waals surface area contributed by atoms with Crippen molar-refractivity contribution in [2.45, 2.75) is 58.2 Å². The van der Waals surface area contributed by atoms with Gasteiger partial charge >= 0.3 is 12.1 Å². The van der Waals surface area contributed by atoms with Gasteiger partial charge in [0.15, 0.2) is 0 Å². The molecule has 0 heterocycles. The van der Waals surface area contributed by atoms with Crippen molar-refractivity contribution in [1.29, 1.82) is 0 Å². The van der Waals surface area contributed by atoms with Crippen LogP contribution >= 0.6 is 0 Å². The van der Waals surface area contributed by atoms with E-state index in [1.807, 2.05) is 6.92 Å². The van der Waals surface area contributed by atoms with Crippen molar-refractivity contribution in [3.8, 4) is 0 Å². The molecule has 0 aromatic rings. The minimum absolute atomic E-state index is 0.117. The Labute approximate surface area is 110 Å². The number of nitrogens with one attached hydrogen (secondary N) is 1. The van der Waals surface area contributed by atoms with Crippen molar-refractivity contribution in [3.63, 3.8) is 0 Å². The Morgan fingerprint density at radius 2 is 1.84 bits per heavy atom. The van der Waals surface area contributed by atoms with Crippen LogP contribution in [-0.4, -0.2) is 29.2 Å². The van der Waals surface area contributed by atoms with E-state index >= 15 is 0 Å². The van der Waals surface area contributed by atoms with E-state index in [1.54, 1.807) is 0 Å². The second kappa shape index (κ2) is 8.01. The highest BCUT2D eigenvalue weighted by molar-refractivity contribution is 5.84. The number of carboxylic acid groups (broad SMARTS) is 1. The van der Waals surface area contributed by atoms with Gasteiger partial charge in [0.2, 0.25) is 5.91 Å². The number of carbonyl (C=O) groups is 2. The summed E-state index contributed by atoms with van der Waals surface area (Å²) in [6.07, 6.45) is -4.03. The number of amides is 1. The molecule has 0 saturated carbocycles. The fraction of sp³-hybridized carbons (Fsp3) is 0.833. The summed E-state index contributed by atoms with van der Waals surface area (Å²) in [7, 11) is 0. The van der Waals surface area contributed by atoms with Crippen molar-refractivity contribution < 1.29 is 27.9 Å². The van der Waals surface area contributed by atoms with Crippen LogP contribution in [-0.2, 0) is 9.59 Å². The van der Waals surface area contributed by atoms with E-state index in [2.05, 4.69) is 5.32 Å². The standard InChI is InChI=1S/C12H20F3NO3/c1-3-5-9(6-4-7-12(13,14)15)10(17)16-8(2)11(18)19/h8-9H,3-7H2,1-2H3,(H,16,17)(H,18,19)/t8-,9?/m0/s1. The molecule has 2 N–H and O–H groups in total. The lowest BCUT2D eigenvalue weighted by atomic mass is 9.95. The average Bonchev–Trinajstić information content (AvgIpc) is 2.25. The Morgan fingerprint density at radius 3 is 2.26 bits per heavy atom. The van der Waals surface area contributed by atoms with E-state index in [4.69, 9.17) is 5.11 Å². The van der Waals surface area contributed by atoms with Crippen LogP contribution in [0.3, 0.4) is 0 Å². The lowest BCUT2D eigenvalue weighted by Crippen LogP contribution is -2.41. The summed E-state index contributed by atoms with van der Waals surface area (Å²) in [6, 6.07) is -1.03. The molecule has 0 saturated heterocycles. The number of alkyl halides is 3. The van der Waals surface area contributed by atoms with Crippen LogP contribution in [0.15, 0.2) is 0 Å². The molecule has 0 radical (unpaired) electrons. The third kappa shape index (κ3) is 8.45. The molecule has 112 valence electrons. The van der Waals surface area contributed by atoms with E-state index in [0.29, 0.717) is 12.8 Å². The Morgan fingerprint density at radius 1 is 1.26 bits per heavy atom. The monoisotopic (exact) mass is 283 g/mol. The number of carboxylic acids is 1. The highest BCUT2D eigenvalue weighted by Crippen LogP contribution is 2.25. The van der Waals surface area contributed by atoms with E-state index in [1.165, 1.54) is 6.92 Å². The second-order valence-electron chi connectivity index (χ2n) is 4.56. The van der Waals surface area contributed by atoms with Crippen LogP contribution in [0, 0.1) is 5.92 Å². The number of rotatable bonds is 8. The van der Waals surface area contributed by atoms with Gasteiger partial charge in [-0.2, -0.15) is 13.2 Å². The minimum Gasteiger partial charge on any atom is -0.480 e. The van der Waals surface area contributed by atoms with Gasteiger partial charge in [-0.1, -0.05) is 13.3 Å². The zero-order valence-corrected chi connectivity index (χ0v) is 11.1. The van der Waals surface area contributed by atoms with Gasteiger partial charge in [-0.25, -0.2) is 0 Å². The molecule has 0 aromatic carbocycles. The van der Waals surface area contributed by atoms with Crippen LogP contribution in [0.4, 0.5) is 13.2 Å². The Bertz CT molecular complexity index is 305. The van der Waals surface area contributed by atoms with Crippen LogP contribution in [0.25, 0.3) is 0 Å². The largest absolute Gasteiger partial charge is 0.480 e. The average molecular weight is 283 g/mol. The lowest BCUT2D eigenvalue weighted by molar-refractivity contribution is -0.142. The van der Waals surface area contributed by atoms with E-state index < -0.39 is 36.4 Å². The van der Waals surface area contributed by atoms with Crippen LogP contribution in [0.2, 0.25) is 0 Å². The topological polar surface area (TPSA) is 66.4 Å². The summed E-state index contributed by atoms with van der Waals surface area (Å²) in [4.78, 5) is 22.3. The van der Waals surface area contributed by atoms with Crippen LogP contribution in [0.5, 0.6) is 0 Å². The molecule has 0 bridgehead atoms. The van der Waals surface area contributed by atoms with Gasteiger partial charge in [-0.15, -0.1) is 0 Å². The van der Waals surface area contributed by atoms with Gasteiger partial charge in [0.25, 0.3) is 0 Å². The molecule has 0 aliphatic heterocycles. The van der Waals surface area contributed by atoms with Gasteiger partial charge in [0.05, 0.1) is 0 Å². The number of hydrogen-bond acceptors (Lipinski definition) is 2. The summed E-state index contributed by atoms with van der Waals surface area (Å²) in [5, 5.41) is 11.0. The fourth-order valence-electron chi connectivity index (χ4n) is 1.70. The molecule has 0 rings (SSSR count). The maximum Gasteiger partial charge on any atom is 0.389 e. The Kier molecular flexibility index (Phi) is 7.48. The van der Waals surface area contributed by atoms with Gasteiger partial charge in [-0.3, -0.25) is 9.59 Å². The van der Waals surface area contributed by atoms with Crippen molar-refractivity contribution in [1.82, 2.24) is 5.32 Å². The number of hydrogen-bond donors (Lipinski definition) is 2. The van der Waals surface area contributed by atoms with Gasteiger partial charge in [0.1, 0.15) is 6.04 Å². The summed E-state index contributed by atoms with van der Waals surface area (Å²) < 4.78 is 36.1. The summed E-state index contributed by atoms with van der Waals surface area (Å²) >= 11 is 0. The zero-order valence-electron chi connectivity index (χ0n) is 11.1. The van der Waals surface area contributed by atoms with E-state index in [9.17, 15) is 22.8 Å². The zero-order chi connectivity index (χ0) is 15.1. The SMILES string of the molecule is CCCC(CCCC(F)(F)F)C(=O)N[C@@H](C)C(=O)O. The molecular formula is C12H20F3NO3. The first-order valence-corrected chi connectivity index (χ1v) is 6.27. The van der Waals surface area contributed by atoms with Crippen molar-refractivity contribution >= 4 is 11.9 Å².